The number of hydrogen-bond donors (Lipinski definition) is 0. The Bertz CT molecular complexity index is 321. The number of unbranched alkanes of at least 4 members (excludes halogenated alkanes) is 1. The van der Waals surface area contributed by atoms with Crippen LogP contribution in [-0.4, -0.2) is 0 Å². The molecular formula is C13H15. The van der Waals surface area contributed by atoms with Gasteiger partial charge in [0.15, 0.2) is 0 Å². The number of fused-ring (bicyclic) bond motifs is 1. The van der Waals surface area contributed by atoms with Crippen LogP contribution in [0.1, 0.15) is 36.5 Å². The van der Waals surface area contributed by atoms with E-state index in [-0.39, 0.29) is 0 Å². The molecule has 1 radical (unpaired) electrons. The van der Waals surface area contributed by atoms with Crippen molar-refractivity contribution in [2.75, 3.05) is 0 Å². The third-order valence-corrected chi connectivity index (χ3v) is 2.52. The molecule has 1 aliphatic carbocycles. The second-order valence-corrected chi connectivity index (χ2v) is 3.59. The minimum Gasteiger partial charge on any atom is -0.0755 e. The summed E-state index contributed by atoms with van der Waals surface area (Å²) in [5.74, 6) is 0. The van der Waals surface area contributed by atoms with Crippen LogP contribution in [0, 0.1) is 6.42 Å². The molecule has 0 spiro atoms. The molecular weight excluding hydrogens is 156 g/mol. The first kappa shape index (κ1) is 8.55. The molecule has 0 amide bonds. The number of hydrogen-bond acceptors (Lipinski definition) is 0. The van der Waals surface area contributed by atoms with E-state index >= 15 is 0 Å². The van der Waals surface area contributed by atoms with E-state index in [1.807, 2.05) is 0 Å². The molecule has 0 bridgehead atoms. The molecule has 1 aromatic rings. The van der Waals surface area contributed by atoms with Crippen molar-refractivity contribution in [2.24, 2.45) is 0 Å². The van der Waals surface area contributed by atoms with Gasteiger partial charge < -0.3 is 0 Å². The molecule has 0 atom stereocenters. The van der Waals surface area contributed by atoms with Gasteiger partial charge in [-0.2, -0.15) is 0 Å². The van der Waals surface area contributed by atoms with Gasteiger partial charge in [0.25, 0.3) is 0 Å². The van der Waals surface area contributed by atoms with Crippen LogP contribution in [0.4, 0.5) is 0 Å². The highest BCUT2D eigenvalue weighted by atomic mass is 14.1. The predicted molar refractivity (Wildman–Crippen MR) is 57.5 cm³/mol. The fourth-order valence-corrected chi connectivity index (χ4v) is 1.71. The first-order valence-electron chi connectivity index (χ1n) is 5.04. The topological polar surface area (TPSA) is 0 Å². The Kier molecular flexibility index (Phi) is 2.49. The lowest BCUT2D eigenvalue weighted by Crippen LogP contribution is -1.87. The molecule has 1 aromatic carbocycles. The van der Waals surface area contributed by atoms with Crippen LogP contribution in [0.3, 0.4) is 0 Å². The molecule has 0 unspecified atom stereocenters. The van der Waals surface area contributed by atoms with E-state index in [9.17, 15) is 0 Å². The summed E-state index contributed by atoms with van der Waals surface area (Å²) in [5.41, 5.74) is 4.22. The van der Waals surface area contributed by atoms with Gasteiger partial charge in [0.1, 0.15) is 0 Å². The predicted octanol–water partition coefficient (Wildman–Crippen LogP) is 3.61. The average Bonchev–Trinajstić information content (AvgIpc) is 2.61. The lowest BCUT2D eigenvalue weighted by molar-refractivity contribution is 0.795. The van der Waals surface area contributed by atoms with Gasteiger partial charge in [-0.15, -0.1) is 0 Å². The van der Waals surface area contributed by atoms with E-state index in [4.69, 9.17) is 0 Å². The van der Waals surface area contributed by atoms with Crippen LogP contribution < -0.4 is 0 Å². The maximum absolute atomic E-state index is 2.31. The lowest BCUT2D eigenvalue weighted by Gasteiger charge is -2.03. The van der Waals surface area contributed by atoms with Crippen LogP contribution in [0.25, 0.3) is 6.08 Å². The zero-order valence-corrected chi connectivity index (χ0v) is 8.09. The van der Waals surface area contributed by atoms with Gasteiger partial charge in [-0.1, -0.05) is 43.7 Å². The molecule has 0 heteroatoms. The van der Waals surface area contributed by atoms with E-state index in [0.29, 0.717) is 0 Å². The average molecular weight is 171 g/mol. The largest absolute Gasteiger partial charge is 0.0755 e. The van der Waals surface area contributed by atoms with E-state index in [2.05, 4.69) is 43.7 Å². The van der Waals surface area contributed by atoms with Gasteiger partial charge in [-0.25, -0.2) is 0 Å². The van der Waals surface area contributed by atoms with Gasteiger partial charge in [0.05, 0.1) is 0 Å². The third-order valence-electron chi connectivity index (χ3n) is 2.52. The Morgan fingerprint density at radius 1 is 1.15 bits per heavy atom. The van der Waals surface area contributed by atoms with Gasteiger partial charge >= 0.3 is 0 Å². The Hall–Kier alpha value is -1.04. The highest BCUT2D eigenvalue weighted by Crippen LogP contribution is 2.22. The zero-order chi connectivity index (χ0) is 9.10. The van der Waals surface area contributed by atoms with Gasteiger partial charge in [0, 0.05) is 6.42 Å². The molecule has 0 fully saturated rings. The van der Waals surface area contributed by atoms with Crippen LogP contribution in [0.2, 0.25) is 0 Å². The van der Waals surface area contributed by atoms with Gasteiger partial charge in [-0.3, -0.25) is 0 Å². The molecule has 0 saturated carbocycles. The first-order chi connectivity index (χ1) is 6.40. The number of rotatable bonds is 3. The van der Waals surface area contributed by atoms with Crippen molar-refractivity contribution in [1.82, 2.24) is 0 Å². The molecule has 0 aromatic heterocycles. The van der Waals surface area contributed by atoms with Crippen molar-refractivity contribution in [1.29, 1.82) is 0 Å². The van der Waals surface area contributed by atoms with Crippen LogP contribution >= 0.6 is 0 Å². The highest BCUT2D eigenvalue weighted by molar-refractivity contribution is 5.65. The molecule has 0 heterocycles. The monoisotopic (exact) mass is 171 g/mol. The zero-order valence-electron chi connectivity index (χ0n) is 8.09. The molecule has 0 N–H and O–H groups in total. The molecule has 13 heavy (non-hydrogen) atoms. The maximum Gasteiger partial charge on any atom is 0.0131 e. The molecule has 1 aliphatic rings. The van der Waals surface area contributed by atoms with Crippen molar-refractivity contribution < 1.29 is 0 Å². The molecule has 0 aliphatic heterocycles. The molecule has 67 valence electrons. The molecule has 2 rings (SSSR count). The van der Waals surface area contributed by atoms with E-state index in [1.165, 1.54) is 36.0 Å². The summed E-state index contributed by atoms with van der Waals surface area (Å²) < 4.78 is 0. The first-order valence-corrected chi connectivity index (χ1v) is 5.04. The van der Waals surface area contributed by atoms with Crippen molar-refractivity contribution in [3.8, 4) is 0 Å². The van der Waals surface area contributed by atoms with E-state index < -0.39 is 0 Å². The minimum absolute atomic E-state index is 1.22. The van der Waals surface area contributed by atoms with Crippen molar-refractivity contribution in [3.05, 3.63) is 47.4 Å². The van der Waals surface area contributed by atoms with E-state index in [0.717, 1.165) is 0 Å². The summed E-state index contributed by atoms with van der Waals surface area (Å²) in [7, 11) is 0. The minimum atomic E-state index is 1.22. The van der Waals surface area contributed by atoms with E-state index in [1.54, 1.807) is 0 Å². The summed E-state index contributed by atoms with van der Waals surface area (Å²) in [6.07, 6.45) is 10.3. The Labute approximate surface area is 80.3 Å². The smallest absolute Gasteiger partial charge is 0.0131 e. The Balaban J connectivity index is 2.15. The number of benzene rings is 1. The number of allylic oxidation sites excluding steroid dienone is 1. The molecule has 0 saturated heterocycles. The summed E-state index contributed by atoms with van der Waals surface area (Å²) in [5, 5.41) is 0. The highest BCUT2D eigenvalue weighted by Gasteiger charge is 2.04. The quantitative estimate of drug-likeness (QED) is 0.651. The third kappa shape index (κ3) is 1.82. The fraction of sp³-hybridized carbons (Fsp3) is 0.308. The second kappa shape index (κ2) is 3.78. The second-order valence-electron chi connectivity index (χ2n) is 3.59. The lowest BCUT2D eigenvalue weighted by atomic mass is 10.0. The SMILES string of the molecule is CCCCc1ccc2c(c1)C=C[CH]2. The summed E-state index contributed by atoms with van der Waals surface area (Å²) >= 11 is 0. The summed E-state index contributed by atoms with van der Waals surface area (Å²) in [6.45, 7) is 2.24. The summed E-state index contributed by atoms with van der Waals surface area (Å²) in [6, 6.07) is 6.78. The normalized spacial score (nSPS) is 13.3. The van der Waals surface area contributed by atoms with Crippen molar-refractivity contribution >= 4 is 6.08 Å². The van der Waals surface area contributed by atoms with Gasteiger partial charge in [0.2, 0.25) is 0 Å². The standard InChI is InChI=1S/C13H15/c1-2-3-5-11-8-9-12-6-4-7-13(12)10-11/h4,6-10H,2-3,5H2,1H3. The van der Waals surface area contributed by atoms with Gasteiger partial charge in [-0.05, 0) is 29.5 Å². The van der Waals surface area contributed by atoms with Crippen LogP contribution in [0.5, 0.6) is 0 Å². The van der Waals surface area contributed by atoms with Crippen molar-refractivity contribution in [3.63, 3.8) is 0 Å². The van der Waals surface area contributed by atoms with Crippen molar-refractivity contribution in [2.45, 2.75) is 26.2 Å². The molecule has 0 nitrogen and oxygen atoms in total. The summed E-state index contributed by atoms with van der Waals surface area (Å²) in [4.78, 5) is 0. The van der Waals surface area contributed by atoms with Crippen LogP contribution in [0.15, 0.2) is 24.3 Å². The van der Waals surface area contributed by atoms with Crippen LogP contribution in [-0.2, 0) is 6.42 Å². The maximum atomic E-state index is 2.31. The Morgan fingerprint density at radius 3 is 2.92 bits per heavy atom. The number of aryl methyl sites for hydroxylation is 1. The Morgan fingerprint density at radius 2 is 2.08 bits per heavy atom. The fourth-order valence-electron chi connectivity index (χ4n) is 1.71.